The Kier molecular flexibility index (Phi) is 9.05. The van der Waals surface area contributed by atoms with Gasteiger partial charge in [-0.15, -0.1) is 0 Å². The quantitative estimate of drug-likeness (QED) is 0.573. The normalized spacial score (nSPS) is 13.2. The highest BCUT2D eigenvalue weighted by atomic mass is 32.2. The second-order valence-corrected chi connectivity index (χ2v) is 10.5. The minimum atomic E-state index is -3.72. The molecule has 2 aromatic carbocycles. The molecule has 2 aromatic rings. The summed E-state index contributed by atoms with van der Waals surface area (Å²) in [6.45, 7) is 9.21. The molecule has 8 heteroatoms. The van der Waals surface area contributed by atoms with Crippen molar-refractivity contribution >= 4 is 27.5 Å². The second-order valence-electron chi connectivity index (χ2n) is 8.61. The van der Waals surface area contributed by atoms with Crippen LogP contribution in [-0.4, -0.2) is 50.0 Å². The summed E-state index contributed by atoms with van der Waals surface area (Å²) in [6, 6.07) is 13.8. The van der Waals surface area contributed by atoms with Gasteiger partial charge in [-0.3, -0.25) is 13.9 Å². The summed E-state index contributed by atoms with van der Waals surface area (Å²) in [5, 5.41) is 2.92. The number of amides is 2. The summed E-state index contributed by atoms with van der Waals surface area (Å²) >= 11 is 0. The van der Waals surface area contributed by atoms with Crippen LogP contribution in [0.15, 0.2) is 48.5 Å². The summed E-state index contributed by atoms with van der Waals surface area (Å²) in [5.41, 5.74) is 3.33. The van der Waals surface area contributed by atoms with Gasteiger partial charge in [0.15, 0.2) is 0 Å². The van der Waals surface area contributed by atoms with Gasteiger partial charge in [0.05, 0.1) is 11.9 Å². The Labute approximate surface area is 197 Å². The molecule has 2 atom stereocenters. The predicted octanol–water partition coefficient (Wildman–Crippen LogP) is 3.40. The fourth-order valence-electron chi connectivity index (χ4n) is 3.26. The number of carbonyl (C=O) groups excluding carboxylic acids is 2. The minimum absolute atomic E-state index is 0.0312. The number of carbonyl (C=O) groups is 2. The third kappa shape index (κ3) is 7.60. The maximum atomic E-state index is 13.5. The number of rotatable bonds is 10. The summed E-state index contributed by atoms with van der Waals surface area (Å²) in [5.74, 6) is -0.723. The van der Waals surface area contributed by atoms with E-state index in [-0.39, 0.29) is 18.5 Å². The molecular formula is C25H35N3O4S. The SMILES string of the molecule is CC[C@H](C)NC(=O)[C@H](C)N(Cc1ccc(C)cc1)C(=O)CN(c1ccc(C)cc1)S(C)(=O)=O. The van der Waals surface area contributed by atoms with Crippen molar-refractivity contribution in [3.63, 3.8) is 0 Å². The van der Waals surface area contributed by atoms with Gasteiger partial charge in [-0.1, -0.05) is 54.4 Å². The predicted molar refractivity (Wildman–Crippen MR) is 132 cm³/mol. The number of nitrogens with one attached hydrogen (secondary N) is 1. The van der Waals surface area contributed by atoms with Gasteiger partial charge in [0, 0.05) is 12.6 Å². The second kappa shape index (κ2) is 11.3. The number of hydrogen-bond acceptors (Lipinski definition) is 4. The van der Waals surface area contributed by atoms with Gasteiger partial charge in [-0.25, -0.2) is 8.42 Å². The van der Waals surface area contributed by atoms with Crippen molar-refractivity contribution in [2.24, 2.45) is 0 Å². The molecule has 0 aromatic heterocycles. The van der Waals surface area contributed by atoms with Crippen LogP contribution in [0.5, 0.6) is 0 Å². The standard InChI is InChI=1S/C25H35N3O4S/c1-7-20(4)26-25(30)21(5)27(16-22-12-8-18(2)9-13-22)24(29)17-28(33(6,31)32)23-14-10-19(3)11-15-23/h8-15,20-21H,7,16-17H2,1-6H3,(H,26,30)/t20-,21-/m0/s1. The van der Waals surface area contributed by atoms with E-state index in [1.807, 2.05) is 52.0 Å². The molecule has 0 radical (unpaired) electrons. The van der Waals surface area contributed by atoms with Crippen LogP contribution >= 0.6 is 0 Å². The highest BCUT2D eigenvalue weighted by molar-refractivity contribution is 7.92. The molecule has 0 fully saturated rings. The Morgan fingerprint density at radius 2 is 1.45 bits per heavy atom. The first-order valence-electron chi connectivity index (χ1n) is 11.1. The zero-order chi connectivity index (χ0) is 24.8. The van der Waals surface area contributed by atoms with Crippen molar-refractivity contribution < 1.29 is 18.0 Å². The first-order valence-corrected chi connectivity index (χ1v) is 13.0. The van der Waals surface area contributed by atoms with Crippen molar-refractivity contribution in [3.05, 3.63) is 65.2 Å². The van der Waals surface area contributed by atoms with Crippen LogP contribution in [0.25, 0.3) is 0 Å². The molecule has 0 saturated carbocycles. The smallest absolute Gasteiger partial charge is 0.244 e. The first kappa shape index (κ1) is 26.4. The Balaban J connectivity index is 2.36. The molecule has 0 unspecified atom stereocenters. The molecule has 33 heavy (non-hydrogen) atoms. The highest BCUT2D eigenvalue weighted by Gasteiger charge is 2.30. The van der Waals surface area contributed by atoms with Gasteiger partial charge < -0.3 is 10.2 Å². The number of hydrogen-bond donors (Lipinski definition) is 1. The molecular weight excluding hydrogens is 438 g/mol. The third-order valence-electron chi connectivity index (χ3n) is 5.64. The molecule has 1 N–H and O–H groups in total. The molecule has 0 aliphatic rings. The molecule has 0 aliphatic heterocycles. The minimum Gasteiger partial charge on any atom is -0.352 e. The molecule has 0 bridgehead atoms. The van der Waals surface area contributed by atoms with Crippen LogP contribution in [0.4, 0.5) is 5.69 Å². The fourth-order valence-corrected chi connectivity index (χ4v) is 4.11. The largest absolute Gasteiger partial charge is 0.352 e. The molecule has 0 aliphatic carbocycles. The Morgan fingerprint density at radius 1 is 0.939 bits per heavy atom. The van der Waals surface area contributed by atoms with Crippen molar-refractivity contribution in [1.82, 2.24) is 10.2 Å². The molecule has 0 heterocycles. The maximum absolute atomic E-state index is 13.5. The van der Waals surface area contributed by atoms with Gasteiger partial charge in [-0.2, -0.15) is 0 Å². The highest BCUT2D eigenvalue weighted by Crippen LogP contribution is 2.20. The average Bonchev–Trinajstić information content (AvgIpc) is 2.76. The van der Waals surface area contributed by atoms with E-state index in [0.717, 1.165) is 33.7 Å². The first-order chi connectivity index (χ1) is 15.4. The zero-order valence-corrected chi connectivity index (χ0v) is 21.1. The maximum Gasteiger partial charge on any atom is 0.244 e. The van der Waals surface area contributed by atoms with E-state index in [1.165, 1.54) is 4.90 Å². The van der Waals surface area contributed by atoms with Crippen molar-refractivity contribution in [2.45, 2.75) is 59.7 Å². The molecule has 0 saturated heterocycles. The molecule has 2 amide bonds. The molecule has 7 nitrogen and oxygen atoms in total. The molecule has 2 rings (SSSR count). The van der Waals surface area contributed by atoms with Crippen molar-refractivity contribution in [1.29, 1.82) is 0 Å². The number of aryl methyl sites for hydroxylation is 2. The van der Waals surface area contributed by atoms with Gasteiger partial charge in [0.25, 0.3) is 0 Å². The van der Waals surface area contributed by atoms with E-state index in [4.69, 9.17) is 0 Å². The van der Waals surface area contributed by atoms with Crippen LogP contribution in [0.3, 0.4) is 0 Å². The number of anilines is 1. The summed E-state index contributed by atoms with van der Waals surface area (Å²) in [6.07, 6.45) is 1.84. The van der Waals surface area contributed by atoms with Crippen LogP contribution in [0.1, 0.15) is 43.9 Å². The topological polar surface area (TPSA) is 86.8 Å². The van der Waals surface area contributed by atoms with E-state index in [9.17, 15) is 18.0 Å². The van der Waals surface area contributed by atoms with Crippen molar-refractivity contribution in [3.8, 4) is 0 Å². The van der Waals surface area contributed by atoms with E-state index < -0.39 is 28.5 Å². The van der Waals surface area contributed by atoms with Gasteiger partial charge in [0.2, 0.25) is 21.8 Å². The Bertz CT molecular complexity index is 1050. The summed E-state index contributed by atoms with van der Waals surface area (Å²) in [7, 11) is -3.72. The fraction of sp³-hybridized carbons (Fsp3) is 0.440. The van der Waals surface area contributed by atoms with Gasteiger partial charge >= 0.3 is 0 Å². The van der Waals surface area contributed by atoms with E-state index in [1.54, 1.807) is 31.2 Å². The van der Waals surface area contributed by atoms with Crippen LogP contribution in [-0.2, 0) is 26.2 Å². The van der Waals surface area contributed by atoms with Crippen LogP contribution in [0, 0.1) is 13.8 Å². The van der Waals surface area contributed by atoms with Gasteiger partial charge in [0.1, 0.15) is 12.6 Å². The number of nitrogens with zero attached hydrogens (tertiary/aromatic N) is 2. The molecule has 0 spiro atoms. The summed E-state index contributed by atoms with van der Waals surface area (Å²) in [4.78, 5) is 27.7. The van der Waals surface area contributed by atoms with E-state index in [0.29, 0.717) is 5.69 Å². The average molecular weight is 474 g/mol. The number of sulfonamides is 1. The van der Waals surface area contributed by atoms with Crippen LogP contribution < -0.4 is 9.62 Å². The molecule has 180 valence electrons. The number of benzene rings is 2. The van der Waals surface area contributed by atoms with Crippen LogP contribution in [0.2, 0.25) is 0 Å². The third-order valence-corrected chi connectivity index (χ3v) is 6.78. The van der Waals surface area contributed by atoms with Crippen molar-refractivity contribution in [2.75, 3.05) is 17.1 Å². The van der Waals surface area contributed by atoms with Gasteiger partial charge in [-0.05, 0) is 51.8 Å². The lowest BCUT2D eigenvalue weighted by Gasteiger charge is -2.32. The monoisotopic (exact) mass is 473 g/mol. The van der Waals surface area contributed by atoms with E-state index >= 15 is 0 Å². The lowest BCUT2D eigenvalue weighted by atomic mass is 10.1. The lowest BCUT2D eigenvalue weighted by molar-refractivity contribution is -0.139. The van der Waals surface area contributed by atoms with E-state index in [2.05, 4.69) is 5.32 Å². The zero-order valence-electron chi connectivity index (χ0n) is 20.3. The Morgan fingerprint density at radius 3 is 1.94 bits per heavy atom. The Hall–Kier alpha value is -2.87. The summed E-state index contributed by atoms with van der Waals surface area (Å²) < 4.78 is 26.1. The lowest BCUT2D eigenvalue weighted by Crippen LogP contribution is -2.52.